The van der Waals surface area contributed by atoms with E-state index in [2.05, 4.69) is 5.32 Å². The third-order valence-corrected chi connectivity index (χ3v) is 3.45. The first-order chi connectivity index (χ1) is 12.5. The van der Waals surface area contributed by atoms with Crippen LogP contribution < -0.4 is 29.0 Å². The van der Waals surface area contributed by atoms with E-state index in [1.165, 1.54) is 28.4 Å². The molecule has 0 aliphatic carbocycles. The minimum absolute atomic E-state index is 0.0507. The van der Waals surface area contributed by atoms with Gasteiger partial charge >= 0.3 is 6.09 Å². The van der Waals surface area contributed by atoms with E-state index in [9.17, 15) is 9.59 Å². The van der Waals surface area contributed by atoms with Crippen molar-refractivity contribution in [3.8, 4) is 28.7 Å². The standard InChI is InChI=1S/C18H19NO7/c1-22-11-7-5-8-12(23-2)15(11)17(20)19-18(21)26-16-13(24-3)9-6-10-14(16)25-4/h5-10H,1-4H3,(H,19,20,21). The van der Waals surface area contributed by atoms with Gasteiger partial charge in [0.15, 0.2) is 11.5 Å². The van der Waals surface area contributed by atoms with Crippen LogP contribution in [0.25, 0.3) is 0 Å². The second-order valence-electron chi connectivity index (χ2n) is 4.87. The molecule has 0 aliphatic heterocycles. The molecule has 2 aromatic carbocycles. The highest BCUT2D eigenvalue weighted by Crippen LogP contribution is 2.37. The Bertz CT molecular complexity index is 760. The lowest BCUT2D eigenvalue weighted by Crippen LogP contribution is -2.33. The van der Waals surface area contributed by atoms with Crippen LogP contribution in [-0.2, 0) is 0 Å². The molecule has 0 fully saturated rings. The summed E-state index contributed by atoms with van der Waals surface area (Å²) in [6.45, 7) is 0. The number of rotatable bonds is 6. The lowest BCUT2D eigenvalue weighted by atomic mass is 10.1. The molecule has 0 saturated carbocycles. The fraction of sp³-hybridized carbons (Fsp3) is 0.222. The van der Waals surface area contributed by atoms with Crippen molar-refractivity contribution in [3.63, 3.8) is 0 Å². The van der Waals surface area contributed by atoms with E-state index in [0.717, 1.165) is 0 Å². The molecule has 8 heteroatoms. The minimum atomic E-state index is -1.01. The number of carbonyl (C=O) groups is 2. The maximum atomic E-state index is 12.5. The quantitative estimate of drug-likeness (QED) is 0.845. The van der Waals surface area contributed by atoms with Crippen molar-refractivity contribution in [2.75, 3.05) is 28.4 Å². The molecule has 8 nitrogen and oxygen atoms in total. The number of nitrogens with one attached hydrogen (secondary N) is 1. The highest BCUT2D eigenvalue weighted by atomic mass is 16.6. The Morgan fingerprint density at radius 3 is 1.58 bits per heavy atom. The summed E-state index contributed by atoms with van der Waals surface area (Å²) in [5, 5.41) is 2.13. The Hall–Kier alpha value is -3.42. The third kappa shape index (κ3) is 3.97. The van der Waals surface area contributed by atoms with Crippen molar-refractivity contribution < 1.29 is 33.3 Å². The van der Waals surface area contributed by atoms with Gasteiger partial charge in [-0.15, -0.1) is 0 Å². The van der Waals surface area contributed by atoms with Gasteiger partial charge in [-0.05, 0) is 24.3 Å². The molecule has 2 amide bonds. The molecule has 26 heavy (non-hydrogen) atoms. The Labute approximate surface area is 150 Å². The number of para-hydroxylation sites is 1. The maximum Gasteiger partial charge on any atom is 0.419 e. The van der Waals surface area contributed by atoms with Crippen molar-refractivity contribution in [3.05, 3.63) is 42.0 Å². The van der Waals surface area contributed by atoms with Gasteiger partial charge in [0.25, 0.3) is 5.91 Å². The lowest BCUT2D eigenvalue weighted by Gasteiger charge is -2.14. The summed E-state index contributed by atoms with van der Waals surface area (Å²) in [4.78, 5) is 24.7. The molecule has 2 aromatic rings. The summed E-state index contributed by atoms with van der Waals surface area (Å²) in [5.41, 5.74) is 0.0708. The van der Waals surface area contributed by atoms with Crippen molar-refractivity contribution in [2.24, 2.45) is 0 Å². The third-order valence-electron chi connectivity index (χ3n) is 3.45. The first-order valence-corrected chi connectivity index (χ1v) is 7.50. The molecule has 0 spiro atoms. The van der Waals surface area contributed by atoms with Crippen LogP contribution in [-0.4, -0.2) is 40.4 Å². The maximum absolute atomic E-state index is 12.5. The van der Waals surface area contributed by atoms with Crippen molar-refractivity contribution in [1.82, 2.24) is 5.32 Å². The summed E-state index contributed by atoms with van der Waals surface area (Å²) in [6, 6.07) is 9.67. The molecule has 2 rings (SSSR count). The zero-order valence-electron chi connectivity index (χ0n) is 14.8. The fourth-order valence-corrected chi connectivity index (χ4v) is 2.27. The molecule has 0 unspecified atom stereocenters. The largest absolute Gasteiger partial charge is 0.496 e. The SMILES string of the molecule is COc1cccc(OC)c1OC(=O)NC(=O)c1c(OC)cccc1OC. The molecule has 0 radical (unpaired) electrons. The predicted octanol–water partition coefficient (Wildman–Crippen LogP) is 2.65. The number of ether oxygens (including phenoxy) is 5. The molecule has 0 bridgehead atoms. The highest BCUT2D eigenvalue weighted by Gasteiger charge is 2.22. The van der Waals surface area contributed by atoms with Crippen molar-refractivity contribution >= 4 is 12.0 Å². The predicted molar refractivity (Wildman–Crippen MR) is 92.6 cm³/mol. The molecular formula is C18H19NO7. The van der Waals surface area contributed by atoms with E-state index >= 15 is 0 Å². The average Bonchev–Trinajstić information content (AvgIpc) is 2.67. The Morgan fingerprint density at radius 1 is 0.731 bits per heavy atom. The van der Waals surface area contributed by atoms with Crippen LogP contribution in [0, 0.1) is 0 Å². The average molecular weight is 361 g/mol. The van der Waals surface area contributed by atoms with Crippen LogP contribution in [0.4, 0.5) is 4.79 Å². The molecular weight excluding hydrogens is 342 g/mol. The summed E-state index contributed by atoms with van der Waals surface area (Å²) < 4.78 is 25.8. The molecule has 1 N–H and O–H groups in total. The highest BCUT2D eigenvalue weighted by molar-refractivity contribution is 6.07. The summed E-state index contributed by atoms with van der Waals surface area (Å²) >= 11 is 0. The van der Waals surface area contributed by atoms with Gasteiger partial charge in [0.1, 0.15) is 17.1 Å². The number of benzene rings is 2. The molecule has 138 valence electrons. The number of hydrogen-bond acceptors (Lipinski definition) is 7. The van der Waals surface area contributed by atoms with Crippen LogP contribution >= 0.6 is 0 Å². The monoisotopic (exact) mass is 361 g/mol. The number of hydrogen-bond donors (Lipinski definition) is 1. The van der Waals surface area contributed by atoms with E-state index in [1.807, 2.05) is 0 Å². The Balaban J connectivity index is 2.23. The van der Waals surface area contributed by atoms with Gasteiger partial charge in [-0.25, -0.2) is 4.79 Å². The molecule has 0 saturated heterocycles. The smallest absolute Gasteiger partial charge is 0.419 e. The molecule has 0 atom stereocenters. The molecule has 0 heterocycles. The molecule has 0 aliphatic rings. The topological polar surface area (TPSA) is 92.3 Å². The van der Waals surface area contributed by atoms with E-state index in [0.29, 0.717) is 0 Å². The van der Waals surface area contributed by atoms with Gasteiger partial charge < -0.3 is 23.7 Å². The number of carbonyl (C=O) groups excluding carboxylic acids is 2. The lowest BCUT2D eigenvalue weighted by molar-refractivity contribution is 0.0943. The van der Waals surface area contributed by atoms with Crippen LogP contribution in [0.1, 0.15) is 10.4 Å². The number of imide groups is 1. The van der Waals surface area contributed by atoms with Crippen LogP contribution in [0.3, 0.4) is 0 Å². The van der Waals surface area contributed by atoms with E-state index in [-0.39, 0.29) is 34.3 Å². The number of amides is 2. The normalized spacial score (nSPS) is 9.85. The van der Waals surface area contributed by atoms with Gasteiger partial charge in [-0.1, -0.05) is 12.1 Å². The van der Waals surface area contributed by atoms with Crippen LogP contribution in [0.2, 0.25) is 0 Å². The summed E-state index contributed by atoms with van der Waals surface area (Å²) in [7, 11) is 5.65. The van der Waals surface area contributed by atoms with E-state index in [1.54, 1.807) is 36.4 Å². The molecule has 0 aromatic heterocycles. The fourth-order valence-electron chi connectivity index (χ4n) is 2.27. The van der Waals surface area contributed by atoms with Crippen LogP contribution in [0.5, 0.6) is 28.7 Å². The van der Waals surface area contributed by atoms with Gasteiger partial charge in [0.2, 0.25) is 5.75 Å². The summed E-state index contributed by atoms with van der Waals surface area (Å²) in [5.74, 6) is 0.380. The summed E-state index contributed by atoms with van der Waals surface area (Å²) in [6.07, 6.45) is -1.01. The second-order valence-corrected chi connectivity index (χ2v) is 4.87. The Morgan fingerprint density at radius 2 is 1.15 bits per heavy atom. The first-order valence-electron chi connectivity index (χ1n) is 7.50. The van der Waals surface area contributed by atoms with Gasteiger partial charge in [0.05, 0.1) is 28.4 Å². The van der Waals surface area contributed by atoms with E-state index < -0.39 is 12.0 Å². The minimum Gasteiger partial charge on any atom is -0.496 e. The zero-order valence-corrected chi connectivity index (χ0v) is 14.8. The second kappa shape index (κ2) is 8.61. The first kappa shape index (κ1) is 18.9. The van der Waals surface area contributed by atoms with Crippen LogP contribution in [0.15, 0.2) is 36.4 Å². The zero-order chi connectivity index (χ0) is 19.1. The Kier molecular flexibility index (Phi) is 6.26. The van der Waals surface area contributed by atoms with Gasteiger partial charge in [-0.3, -0.25) is 10.1 Å². The van der Waals surface area contributed by atoms with Crippen molar-refractivity contribution in [1.29, 1.82) is 0 Å². The van der Waals surface area contributed by atoms with Crippen molar-refractivity contribution in [2.45, 2.75) is 0 Å². The number of methoxy groups -OCH3 is 4. The van der Waals surface area contributed by atoms with E-state index in [4.69, 9.17) is 23.7 Å². The van der Waals surface area contributed by atoms with Gasteiger partial charge in [-0.2, -0.15) is 0 Å². The van der Waals surface area contributed by atoms with Gasteiger partial charge in [0, 0.05) is 0 Å².